The van der Waals surface area contributed by atoms with E-state index in [0.29, 0.717) is 10.6 Å². The van der Waals surface area contributed by atoms with Crippen LogP contribution in [0.25, 0.3) is 0 Å². The SMILES string of the molecule is Cc1ccc(N(CCC#N)S(=O)(=O)c2c(C)c(C)cc(C)c2C)cc1. The lowest BCUT2D eigenvalue weighted by Crippen LogP contribution is -2.33. The highest BCUT2D eigenvalue weighted by molar-refractivity contribution is 7.93. The van der Waals surface area contributed by atoms with Gasteiger partial charge in [0, 0.05) is 6.54 Å². The van der Waals surface area contributed by atoms with Crippen LogP contribution in [0.1, 0.15) is 34.2 Å². The Morgan fingerprint density at radius 3 is 1.96 bits per heavy atom. The van der Waals surface area contributed by atoms with Crippen molar-refractivity contribution in [1.82, 2.24) is 0 Å². The second-order valence-corrected chi connectivity index (χ2v) is 8.21. The first-order chi connectivity index (χ1) is 11.7. The van der Waals surface area contributed by atoms with Gasteiger partial charge in [-0.15, -0.1) is 0 Å². The number of nitriles is 1. The first-order valence-electron chi connectivity index (χ1n) is 8.24. The molecule has 0 amide bonds. The first-order valence-corrected chi connectivity index (χ1v) is 9.68. The van der Waals surface area contributed by atoms with E-state index in [2.05, 4.69) is 0 Å². The van der Waals surface area contributed by atoms with E-state index < -0.39 is 10.0 Å². The van der Waals surface area contributed by atoms with Crippen LogP contribution in [0.2, 0.25) is 0 Å². The minimum Gasteiger partial charge on any atom is -0.265 e. The molecule has 0 spiro atoms. The summed E-state index contributed by atoms with van der Waals surface area (Å²) in [6.45, 7) is 9.61. The van der Waals surface area contributed by atoms with Crippen LogP contribution in [0.15, 0.2) is 35.2 Å². The molecule has 0 saturated heterocycles. The van der Waals surface area contributed by atoms with Gasteiger partial charge in [0.05, 0.1) is 23.1 Å². The van der Waals surface area contributed by atoms with Crippen LogP contribution in [0.3, 0.4) is 0 Å². The van der Waals surface area contributed by atoms with Crippen molar-refractivity contribution in [2.45, 2.75) is 45.9 Å². The Hall–Kier alpha value is -2.32. The summed E-state index contributed by atoms with van der Waals surface area (Å²) in [6.07, 6.45) is 0.135. The van der Waals surface area contributed by atoms with E-state index in [1.807, 2.05) is 58.9 Å². The molecule has 2 aromatic rings. The number of aryl methyl sites for hydroxylation is 3. The van der Waals surface area contributed by atoms with E-state index >= 15 is 0 Å². The zero-order valence-corrected chi connectivity index (χ0v) is 16.2. The Morgan fingerprint density at radius 2 is 1.48 bits per heavy atom. The van der Waals surface area contributed by atoms with Crippen LogP contribution < -0.4 is 4.31 Å². The molecule has 0 aromatic heterocycles. The zero-order valence-electron chi connectivity index (χ0n) is 15.4. The van der Waals surface area contributed by atoms with Crippen molar-refractivity contribution >= 4 is 15.7 Å². The highest BCUT2D eigenvalue weighted by atomic mass is 32.2. The Morgan fingerprint density at radius 1 is 0.960 bits per heavy atom. The molecular weight excluding hydrogens is 332 g/mol. The van der Waals surface area contributed by atoms with Gasteiger partial charge in [0.1, 0.15) is 0 Å². The summed E-state index contributed by atoms with van der Waals surface area (Å²) in [5, 5.41) is 8.97. The van der Waals surface area contributed by atoms with Crippen molar-refractivity contribution < 1.29 is 8.42 Å². The van der Waals surface area contributed by atoms with Gasteiger partial charge in [0.15, 0.2) is 0 Å². The summed E-state index contributed by atoms with van der Waals surface area (Å²) in [5.74, 6) is 0. The smallest absolute Gasteiger partial charge is 0.264 e. The average Bonchev–Trinajstić information content (AvgIpc) is 2.55. The van der Waals surface area contributed by atoms with Crippen LogP contribution in [-0.2, 0) is 10.0 Å². The van der Waals surface area contributed by atoms with Gasteiger partial charge in [0.25, 0.3) is 10.0 Å². The van der Waals surface area contributed by atoms with Crippen LogP contribution in [0.4, 0.5) is 5.69 Å². The second-order valence-electron chi connectivity index (χ2n) is 6.41. The fourth-order valence-electron chi connectivity index (χ4n) is 2.93. The van der Waals surface area contributed by atoms with Gasteiger partial charge in [0.2, 0.25) is 0 Å². The van der Waals surface area contributed by atoms with Gasteiger partial charge >= 0.3 is 0 Å². The fraction of sp³-hybridized carbons (Fsp3) is 0.350. The van der Waals surface area contributed by atoms with Gasteiger partial charge in [-0.25, -0.2) is 8.42 Å². The van der Waals surface area contributed by atoms with Crippen molar-refractivity contribution in [1.29, 1.82) is 5.26 Å². The molecule has 2 rings (SSSR count). The van der Waals surface area contributed by atoms with Crippen molar-refractivity contribution in [3.05, 3.63) is 58.1 Å². The molecule has 0 heterocycles. The number of hydrogen-bond acceptors (Lipinski definition) is 3. The van der Waals surface area contributed by atoms with E-state index in [0.717, 1.165) is 27.8 Å². The van der Waals surface area contributed by atoms with E-state index in [1.54, 1.807) is 12.1 Å². The lowest BCUT2D eigenvalue weighted by atomic mass is 10.0. The third-order valence-corrected chi connectivity index (χ3v) is 6.70. The van der Waals surface area contributed by atoms with Crippen molar-refractivity contribution in [3.63, 3.8) is 0 Å². The molecule has 25 heavy (non-hydrogen) atoms. The molecule has 0 aliphatic heterocycles. The predicted octanol–water partition coefficient (Wildman–Crippen LogP) is 4.34. The summed E-state index contributed by atoms with van der Waals surface area (Å²) >= 11 is 0. The van der Waals surface area contributed by atoms with E-state index in [4.69, 9.17) is 5.26 Å². The molecular formula is C20H24N2O2S. The molecule has 0 fully saturated rings. The number of anilines is 1. The lowest BCUT2D eigenvalue weighted by molar-refractivity contribution is 0.589. The molecule has 0 aliphatic carbocycles. The maximum atomic E-state index is 13.5. The van der Waals surface area contributed by atoms with Crippen LogP contribution in [0, 0.1) is 45.9 Å². The lowest BCUT2D eigenvalue weighted by Gasteiger charge is -2.26. The molecule has 5 heteroatoms. The molecule has 0 radical (unpaired) electrons. The Balaban J connectivity index is 2.68. The van der Waals surface area contributed by atoms with Gasteiger partial charge in [-0.05, 0) is 69.0 Å². The summed E-state index contributed by atoms with van der Waals surface area (Å²) in [4.78, 5) is 0.350. The van der Waals surface area contributed by atoms with Crippen LogP contribution in [-0.4, -0.2) is 15.0 Å². The summed E-state index contributed by atoms with van der Waals surface area (Å²) in [7, 11) is -3.76. The van der Waals surface area contributed by atoms with Crippen molar-refractivity contribution in [2.75, 3.05) is 10.8 Å². The maximum absolute atomic E-state index is 13.5. The number of hydrogen-bond donors (Lipinski definition) is 0. The third-order valence-electron chi connectivity index (χ3n) is 4.59. The second kappa shape index (κ2) is 7.28. The predicted molar refractivity (Wildman–Crippen MR) is 101 cm³/mol. The summed E-state index contributed by atoms with van der Waals surface area (Å²) < 4.78 is 28.3. The van der Waals surface area contributed by atoms with Gasteiger partial charge in [-0.2, -0.15) is 5.26 Å². The highest BCUT2D eigenvalue weighted by Crippen LogP contribution is 2.31. The molecule has 0 aliphatic rings. The molecule has 4 nitrogen and oxygen atoms in total. The fourth-order valence-corrected chi connectivity index (χ4v) is 4.98. The molecule has 0 bridgehead atoms. The molecule has 2 aromatic carbocycles. The largest absolute Gasteiger partial charge is 0.265 e. The monoisotopic (exact) mass is 356 g/mol. The minimum atomic E-state index is -3.76. The van der Waals surface area contributed by atoms with Gasteiger partial charge in [-0.1, -0.05) is 23.8 Å². The van der Waals surface area contributed by atoms with Gasteiger partial charge in [-0.3, -0.25) is 4.31 Å². The van der Waals surface area contributed by atoms with Crippen molar-refractivity contribution in [3.8, 4) is 6.07 Å². The number of benzene rings is 2. The van der Waals surface area contributed by atoms with Crippen LogP contribution >= 0.6 is 0 Å². The van der Waals surface area contributed by atoms with E-state index in [1.165, 1.54) is 4.31 Å². The molecule has 0 atom stereocenters. The van der Waals surface area contributed by atoms with Gasteiger partial charge < -0.3 is 0 Å². The number of nitrogens with zero attached hydrogens (tertiary/aromatic N) is 2. The summed E-state index contributed by atoms with van der Waals surface area (Å²) in [6, 6.07) is 11.4. The number of rotatable bonds is 5. The Kier molecular flexibility index (Phi) is 5.54. The van der Waals surface area contributed by atoms with Crippen molar-refractivity contribution in [2.24, 2.45) is 0 Å². The quantitative estimate of drug-likeness (QED) is 0.801. The van der Waals surface area contributed by atoms with E-state index in [-0.39, 0.29) is 13.0 Å². The topological polar surface area (TPSA) is 61.2 Å². The van der Waals surface area contributed by atoms with E-state index in [9.17, 15) is 8.42 Å². The number of sulfonamides is 1. The molecule has 132 valence electrons. The zero-order chi connectivity index (χ0) is 18.8. The third kappa shape index (κ3) is 3.69. The molecule has 0 N–H and O–H groups in total. The Bertz CT molecular complexity index is 897. The maximum Gasteiger partial charge on any atom is 0.264 e. The standard InChI is InChI=1S/C20H24N2O2S/c1-14-7-9-19(10-8-14)22(12-6-11-21)25(23,24)20-17(4)15(2)13-16(3)18(20)5/h7-10,13H,6,12H2,1-5H3. The first kappa shape index (κ1) is 19.0. The molecule has 0 saturated carbocycles. The van der Waals surface area contributed by atoms with Crippen LogP contribution in [0.5, 0.6) is 0 Å². The minimum absolute atomic E-state index is 0.133. The highest BCUT2D eigenvalue weighted by Gasteiger charge is 2.29. The average molecular weight is 356 g/mol. The Labute approximate surface area is 150 Å². The summed E-state index contributed by atoms with van der Waals surface area (Å²) in [5.41, 5.74) is 5.06. The normalized spacial score (nSPS) is 11.2. The molecule has 0 unspecified atom stereocenters.